The second-order valence-electron chi connectivity index (χ2n) is 6.52. The normalized spacial score (nSPS) is 17.0. The first-order valence-electron chi connectivity index (χ1n) is 8.45. The molecule has 0 unspecified atom stereocenters. The molecule has 1 fully saturated rings. The number of carbonyl (C=O) groups is 2. The minimum atomic E-state index is -0.441. The second kappa shape index (κ2) is 7.79. The van der Waals surface area contributed by atoms with Gasteiger partial charge in [-0.3, -0.25) is 4.79 Å². The lowest BCUT2D eigenvalue weighted by Gasteiger charge is -2.17. The fourth-order valence-electron chi connectivity index (χ4n) is 3.09. The summed E-state index contributed by atoms with van der Waals surface area (Å²) in [6.07, 6.45) is 2.07. The summed E-state index contributed by atoms with van der Waals surface area (Å²) in [5, 5.41) is 2.75. The van der Waals surface area contributed by atoms with Crippen LogP contribution in [-0.4, -0.2) is 37.7 Å². The maximum atomic E-state index is 12.4. The van der Waals surface area contributed by atoms with Crippen molar-refractivity contribution in [3.05, 3.63) is 33.4 Å². The van der Waals surface area contributed by atoms with E-state index in [4.69, 9.17) is 9.47 Å². The zero-order chi connectivity index (χ0) is 17.9. The zero-order valence-electron chi connectivity index (χ0n) is 15.2. The van der Waals surface area contributed by atoms with Gasteiger partial charge < -0.3 is 14.8 Å². The third-order valence-corrected chi connectivity index (χ3v) is 5.09. The van der Waals surface area contributed by atoms with Crippen molar-refractivity contribution >= 4 is 11.9 Å². The molecule has 1 atom stereocenters. The van der Waals surface area contributed by atoms with Crippen molar-refractivity contribution in [2.45, 2.75) is 53.6 Å². The molecule has 1 aromatic carbocycles. The highest BCUT2D eigenvalue weighted by Gasteiger charge is 2.21. The maximum absolute atomic E-state index is 12.4. The molecule has 0 radical (unpaired) electrons. The van der Waals surface area contributed by atoms with Gasteiger partial charge in [0, 0.05) is 13.2 Å². The summed E-state index contributed by atoms with van der Waals surface area (Å²) < 4.78 is 10.7. The van der Waals surface area contributed by atoms with Crippen LogP contribution in [0.2, 0.25) is 0 Å². The molecule has 0 bridgehead atoms. The molecule has 1 saturated heterocycles. The van der Waals surface area contributed by atoms with Crippen molar-refractivity contribution in [1.82, 2.24) is 5.32 Å². The Labute approximate surface area is 143 Å². The monoisotopic (exact) mass is 333 g/mol. The highest BCUT2D eigenvalue weighted by Crippen LogP contribution is 2.26. The number of hydrogen-bond acceptors (Lipinski definition) is 4. The maximum Gasteiger partial charge on any atom is 0.339 e. The van der Waals surface area contributed by atoms with E-state index in [0.29, 0.717) is 12.1 Å². The fourth-order valence-corrected chi connectivity index (χ4v) is 3.09. The summed E-state index contributed by atoms with van der Waals surface area (Å²) in [4.78, 5) is 24.3. The Bertz CT molecular complexity index is 616. The first kappa shape index (κ1) is 18.5. The van der Waals surface area contributed by atoms with Gasteiger partial charge in [-0.15, -0.1) is 0 Å². The van der Waals surface area contributed by atoms with Gasteiger partial charge in [0.05, 0.1) is 11.7 Å². The predicted molar refractivity (Wildman–Crippen MR) is 92.4 cm³/mol. The van der Waals surface area contributed by atoms with Crippen molar-refractivity contribution in [1.29, 1.82) is 0 Å². The molecular formula is C19H27NO4. The van der Waals surface area contributed by atoms with Crippen LogP contribution in [0, 0.1) is 34.6 Å². The molecule has 0 aliphatic carbocycles. The second-order valence-corrected chi connectivity index (χ2v) is 6.52. The Hall–Kier alpha value is -1.88. The highest BCUT2D eigenvalue weighted by molar-refractivity contribution is 5.95. The lowest BCUT2D eigenvalue weighted by Crippen LogP contribution is -2.35. The van der Waals surface area contributed by atoms with E-state index < -0.39 is 5.97 Å². The number of carbonyl (C=O) groups excluding carboxylic acids is 2. The molecule has 1 amide bonds. The molecule has 0 aromatic heterocycles. The van der Waals surface area contributed by atoms with Crippen molar-refractivity contribution < 1.29 is 19.1 Å². The highest BCUT2D eigenvalue weighted by atomic mass is 16.5. The topological polar surface area (TPSA) is 64.6 Å². The van der Waals surface area contributed by atoms with Crippen molar-refractivity contribution in [2.75, 3.05) is 19.8 Å². The quantitative estimate of drug-likeness (QED) is 0.842. The first-order chi connectivity index (χ1) is 11.3. The van der Waals surface area contributed by atoms with Gasteiger partial charge in [0.15, 0.2) is 6.61 Å². The average molecular weight is 333 g/mol. The number of hydrogen-bond donors (Lipinski definition) is 1. The predicted octanol–water partition coefficient (Wildman–Crippen LogP) is 2.68. The molecule has 1 aromatic rings. The van der Waals surface area contributed by atoms with E-state index in [-0.39, 0.29) is 18.6 Å². The van der Waals surface area contributed by atoms with Crippen molar-refractivity contribution in [2.24, 2.45) is 0 Å². The third kappa shape index (κ3) is 3.96. The van der Waals surface area contributed by atoms with Crippen LogP contribution in [0.3, 0.4) is 0 Å². The molecule has 2 rings (SSSR count). The first-order valence-corrected chi connectivity index (χ1v) is 8.45. The zero-order valence-corrected chi connectivity index (χ0v) is 15.2. The van der Waals surface area contributed by atoms with E-state index in [1.54, 1.807) is 0 Å². The number of rotatable bonds is 5. The van der Waals surface area contributed by atoms with E-state index in [1.807, 2.05) is 27.7 Å². The number of nitrogens with one attached hydrogen (secondary N) is 1. The van der Waals surface area contributed by atoms with E-state index in [1.165, 1.54) is 5.56 Å². The summed E-state index contributed by atoms with van der Waals surface area (Å²) in [5.41, 5.74) is 5.78. The average Bonchev–Trinajstić information content (AvgIpc) is 3.08. The van der Waals surface area contributed by atoms with Gasteiger partial charge in [-0.2, -0.15) is 0 Å². The van der Waals surface area contributed by atoms with Gasteiger partial charge in [0.2, 0.25) is 0 Å². The molecule has 1 aliphatic rings. The van der Waals surface area contributed by atoms with Crippen molar-refractivity contribution in [3.63, 3.8) is 0 Å². The Morgan fingerprint density at radius 3 is 2.17 bits per heavy atom. The Morgan fingerprint density at radius 1 is 1.04 bits per heavy atom. The largest absolute Gasteiger partial charge is 0.452 e. The third-order valence-electron chi connectivity index (χ3n) is 5.09. The molecule has 1 heterocycles. The number of ether oxygens (including phenoxy) is 2. The summed E-state index contributed by atoms with van der Waals surface area (Å²) >= 11 is 0. The molecule has 24 heavy (non-hydrogen) atoms. The molecular weight excluding hydrogens is 306 g/mol. The minimum Gasteiger partial charge on any atom is -0.452 e. The van der Waals surface area contributed by atoms with Gasteiger partial charge >= 0.3 is 5.97 Å². The lowest BCUT2D eigenvalue weighted by molar-refractivity contribution is -0.124. The van der Waals surface area contributed by atoms with Crippen LogP contribution in [0.1, 0.15) is 51.0 Å². The molecule has 0 saturated carbocycles. The van der Waals surface area contributed by atoms with Crippen LogP contribution in [0.5, 0.6) is 0 Å². The summed E-state index contributed by atoms with van der Waals surface area (Å²) in [5.74, 6) is -0.738. The standard InChI is InChI=1S/C19H27NO4/c1-11-12(2)14(4)18(15(5)13(11)3)19(22)24-10-17(21)20-9-16-7-6-8-23-16/h16H,6-10H2,1-5H3,(H,20,21)/t16-/m0/s1. The lowest BCUT2D eigenvalue weighted by atomic mass is 9.90. The van der Waals surface area contributed by atoms with Gasteiger partial charge in [-0.25, -0.2) is 4.79 Å². The Kier molecular flexibility index (Phi) is 5.99. The van der Waals surface area contributed by atoms with E-state index in [9.17, 15) is 9.59 Å². The summed E-state index contributed by atoms with van der Waals surface area (Å²) in [6.45, 7) is 10.8. The van der Waals surface area contributed by atoms with Crippen LogP contribution in [0.15, 0.2) is 0 Å². The smallest absolute Gasteiger partial charge is 0.339 e. The van der Waals surface area contributed by atoms with Crippen LogP contribution < -0.4 is 5.32 Å². The van der Waals surface area contributed by atoms with Gasteiger partial charge in [-0.1, -0.05) is 0 Å². The number of benzene rings is 1. The van der Waals surface area contributed by atoms with Gasteiger partial charge in [0.1, 0.15) is 0 Å². The van der Waals surface area contributed by atoms with Gasteiger partial charge in [0.25, 0.3) is 5.91 Å². The van der Waals surface area contributed by atoms with Crippen LogP contribution in [0.4, 0.5) is 0 Å². The summed E-state index contributed by atoms with van der Waals surface area (Å²) in [6, 6.07) is 0. The summed E-state index contributed by atoms with van der Waals surface area (Å²) in [7, 11) is 0. The molecule has 132 valence electrons. The molecule has 1 aliphatic heterocycles. The molecule has 0 spiro atoms. The van der Waals surface area contributed by atoms with Gasteiger partial charge in [-0.05, 0) is 75.3 Å². The number of amides is 1. The Morgan fingerprint density at radius 2 is 1.62 bits per heavy atom. The molecule has 5 heteroatoms. The van der Waals surface area contributed by atoms with E-state index in [2.05, 4.69) is 12.2 Å². The van der Waals surface area contributed by atoms with Crippen LogP contribution in [0.25, 0.3) is 0 Å². The van der Waals surface area contributed by atoms with E-state index >= 15 is 0 Å². The van der Waals surface area contributed by atoms with E-state index in [0.717, 1.165) is 41.7 Å². The Balaban J connectivity index is 1.96. The van der Waals surface area contributed by atoms with Crippen LogP contribution in [-0.2, 0) is 14.3 Å². The SMILES string of the molecule is Cc1c(C)c(C)c(C(=O)OCC(=O)NC[C@@H]2CCCO2)c(C)c1C. The number of esters is 1. The molecule has 1 N–H and O–H groups in total. The van der Waals surface area contributed by atoms with Crippen LogP contribution >= 0.6 is 0 Å². The molecule has 5 nitrogen and oxygen atoms in total. The van der Waals surface area contributed by atoms with Crippen molar-refractivity contribution in [3.8, 4) is 0 Å². The minimum absolute atomic E-state index is 0.0801. The fraction of sp³-hybridized carbons (Fsp3) is 0.579.